The van der Waals surface area contributed by atoms with Crippen LogP contribution in [0.2, 0.25) is 0 Å². The molecule has 3 heteroatoms. The summed E-state index contributed by atoms with van der Waals surface area (Å²) in [7, 11) is 0. The first-order valence-electron chi connectivity index (χ1n) is 16.7. The van der Waals surface area contributed by atoms with Crippen molar-refractivity contribution in [3.8, 4) is 16.8 Å². The van der Waals surface area contributed by atoms with E-state index in [0.717, 1.165) is 44.7 Å². The summed E-state index contributed by atoms with van der Waals surface area (Å²) in [5, 5.41) is 7.10. The summed E-state index contributed by atoms with van der Waals surface area (Å²) >= 11 is 0. The van der Waals surface area contributed by atoms with E-state index in [4.69, 9.17) is 4.42 Å². The predicted octanol–water partition coefficient (Wildman–Crippen LogP) is 13.0. The molecule has 8 aromatic carbocycles. The minimum absolute atomic E-state index is 0.911. The number of aromatic nitrogens is 1. The van der Waals surface area contributed by atoms with E-state index >= 15 is 0 Å². The number of para-hydroxylation sites is 3. The highest BCUT2D eigenvalue weighted by molar-refractivity contribution is 6.19. The van der Waals surface area contributed by atoms with Crippen molar-refractivity contribution >= 4 is 71.6 Å². The number of anilines is 3. The summed E-state index contributed by atoms with van der Waals surface area (Å²) in [5.74, 6) is 0. The van der Waals surface area contributed by atoms with Gasteiger partial charge in [0.15, 0.2) is 0 Å². The third-order valence-electron chi connectivity index (χ3n) is 9.74. The largest absolute Gasteiger partial charge is 0.456 e. The second-order valence-corrected chi connectivity index (χ2v) is 12.6. The summed E-state index contributed by atoms with van der Waals surface area (Å²) in [5.41, 5.74) is 11.0. The maximum atomic E-state index is 6.23. The Balaban J connectivity index is 1.21. The van der Waals surface area contributed by atoms with Gasteiger partial charge in [0.25, 0.3) is 0 Å². The molecule has 230 valence electrons. The van der Waals surface area contributed by atoms with E-state index in [0.29, 0.717) is 0 Å². The molecule has 0 aliphatic carbocycles. The average molecular weight is 627 g/mol. The van der Waals surface area contributed by atoms with Gasteiger partial charge in [0, 0.05) is 44.3 Å². The lowest BCUT2D eigenvalue weighted by molar-refractivity contribution is 0.669. The maximum absolute atomic E-state index is 6.23. The summed E-state index contributed by atoms with van der Waals surface area (Å²) in [6.45, 7) is 0. The molecule has 10 rings (SSSR count). The molecule has 0 amide bonds. The number of hydrogen-bond acceptors (Lipinski definition) is 2. The quantitative estimate of drug-likeness (QED) is 0.190. The van der Waals surface area contributed by atoms with Gasteiger partial charge in [-0.3, -0.25) is 0 Å². The van der Waals surface area contributed by atoms with Crippen molar-refractivity contribution in [3.05, 3.63) is 182 Å². The number of rotatable bonds is 5. The Morgan fingerprint density at radius 1 is 0.388 bits per heavy atom. The molecular weight excluding hydrogens is 597 g/mol. The van der Waals surface area contributed by atoms with Crippen LogP contribution in [-0.2, 0) is 0 Å². The van der Waals surface area contributed by atoms with Gasteiger partial charge in [0.05, 0.1) is 11.0 Å². The van der Waals surface area contributed by atoms with Crippen molar-refractivity contribution in [2.75, 3.05) is 4.90 Å². The maximum Gasteiger partial charge on any atom is 0.136 e. The topological polar surface area (TPSA) is 21.3 Å². The molecule has 3 nitrogen and oxygen atoms in total. The Hall–Kier alpha value is -6.58. The van der Waals surface area contributed by atoms with Gasteiger partial charge in [-0.25, -0.2) is 0 Å². The van der Waals surface area contributed by atoms with Crippen molar-refractivity contribution < 1.29 is 4.42 Å². The van der Waals surface area contributed by atoms with Crippen LogP contribution in [0.15, 0.2) is 186 Å². The molecule has 10 aromatic rings. The van der Waals surface area contributed by atoms with E-state index in [-0.39, 0.29) is 0 Å². The molecule has 0 bridgehead atoms. The first-order chi connectivity index (χ1) is 24.3. The van der Waals surface area contributed by atoms with Crippen molar-refractivity contribution in [1.82, 2.24) is 4.57 Å². The lowest BCUT2D eigenvalue weighted by Gasteiger charge is -2.26. The molecule has 0 saturated carbocycles. The van der Waals surface area contributed by atoms with Crippen molar-refractivity contribution in [2.24, 2.45) is 0 Å². The van der Waals surface area contributed by atoms with Gasteiger partial charge in [-0.2, -0.15) is 0 Å². The Kier molecular flexibility index (Phi) is 6.18. The molecule has 0 aliphatic heterocycles. The third-order valence-corrected chi connectivity index (χ3v) is 9.74. The Morgan fingerprint density at radius 3 is 1.94 bits per heavy atom. The fourth-order valence-electron chi connectivity index (χ4n) is 7.54. The van der Waals surface area contributed by atoms with Crippen LogP contribution in [0.1, 0.15) is 0 Å². The van der Waals surface area contributed by atoms with Crippen LogP contribution in [-0.4, -0.2) is 4.57 Å². The molecule has 0 unspecified atom stereocenters. The van der Waals surface area contributed by atoms with Crippen molar-refractivity contribution in [3.63, 3.8) is 0 Å². The zero-order chi connectivity index (χ0) is 32.3. The summed E-state index contributed by atoms with van der Waals surface area (Å²) < 4.78 is 8.60. The molecule has 2 heterocycles. The first-order valence-corrected chi connectivity index (χ1v) is 16.7. The smallest absolute Gasteiger partial charge is 0.136 e. The molecule has 0 spiro atoms. The Morgan fingerprint density at radius 2 is 1.06 bits per heavy atom. The average Bonchev–Trinajstić information content (AvgIpc) is 3.72. The third kappa shape index (κ3) is 4.44. The van der Waals surface area contributed by atoms with Gasteiger partial charge >= 0.3 is 0 Å². The lowest BCUT2D eigenvalue weighted by Crippen LogP contribution is -2.10. The van der Waals surface area contributed by atoms with Crippen LogP contribution in [0.3, 0.4) is 0 Å². The first kappa shape index (κ1) is 27.5. The fraction of sp³-hybridized carbons (Fsp3) is 0. The van der Waals surface area contributed by atoms with Crippen LogP contribution in [0.5, 0.6) is 0 Å². The molecule has 0 saturated heterocycles. The SMILES string of the molecule is c1ccc(-c2cccc(N(c3ccc4c(ccc5oc6ccccc6c54)c3)c3ccc4c(c3)c3ccccc3n4-c3ccccc3)c2)cc1. The number of fused-ring (bicyclic) bond motifs is 8. The van der Waals surface area contributed by atoms with Gasteiger partial charge in [0.1, 0.15) is 11.2 Å². The molecule has 0 N–H and O–H groups in total. The van der Waals surface area contributed by atoms with Gasteiger partial charge in [0.2, 0.25) is 0 Å². The van der Waals surface area contributed by atoms with E-state index in [1.165, 1.54) is 43.7 Å². The van der Waals surface area contributed by atoms with Gasteiger partial charge in [-0.05, 0) is 94.7 Å². The summed E-state index contributed by atoms with van der Waals surface area (Å²) in [6.07, 6.45) is 0. The number of hydrogen-bond donors (Lipinski definition) is 0. The second kappa shape index (κ2) is 11.0. The highest BCUT2D eigenvalue weighted by Crippen LogP contribution is 2.43. The monoisotopic (exact) mass is 626 g/mol. The molecule has 49 heavy (non-hydrogen) atoms. The molecule has 0 fully saturated rings. The second-order valence-electron chi connectivity index (χ2n) is 12.6. The number of benzene rings is 8. The van der Waals surface area contributed by atoms with Crippen LogP contribution >= 0.6 is 0 Å². The minimum Gasteiger partial charge on any atom is -0.456 e. The molecular formula is C46H30N2O. The van der Waals surface area contributed by atoms with E-state index < -0.39 is 0 Å². The molecule has 0 radical (unpaired) electrons. The van der Waals surface area contributed by atoms with Crippen LogP contribution in [0.25, 0.3) is 71.3 Å². The standard InChI is InChI=1S/C46H30N2O/c1-3-12-31(13-4-1)32-14-11-17-35(28-32)47(36-23-25-38-33(29-36)22-27-45-46(38)40-19-8-10-21-44(40)49-45)37-24-26-43-41(30-37)39-18-7-9-20-42(39)48(43)34-15-5-2-6-16-34/h1-30H. The van der Waals surface area contributed by atoms with Gasteiger partial charge in [-0.1, -0.05) is 109 Å². The fourth-order valence-corrected chi connectivity index (χ4v) is 7.54. The number of nitrogens with zero attached hydrogens (tertiary/aromatic N) is 2. The van der Waals surface area contributed by atoms with Crippen LogP contribution in [0.4, 0.5) is 17.1 Å². The lowest BCUT2D eigenvalue weighted by atomic mass is 10.0. The van der Waals surface area contributed by atoms with Crippen molar-refractivity contribution in [2.45, 2.75) is 0 Å². The molecule has 0 atom stereocenters. The van der Waals surface area contributed by atoms with Crippen molar-refractivity contribution in [1.29, 1.82) is 0 Å². The number of furan rings is 1. The molecule has 0 aliphatic rings. The van der Waals surface area contributed by atoms with Crippen LogP contribution < -0.4 is 4.90 Å². The zero-order valence-electron chi connectivity index (χ0n) is 26.6. The highest BCUT2D eigenvalue weighted by atomic mass is 16.3. The minimum atomic E-state index is 0.911. The Bertz CT molecular complexity index is 2830. The Labute approximate surface area is 283 Å². The summed E-state index contributed by atoms with van der Waals surface area (Å²) in [4.78, 5) is 2.39. The van der Waals surface area contributed by atoms with E-state index in [2.05, 4.69) is 179 Å². The summed E-state index contributed by atoms with van der Waals surface area (Å²) in [6, 6.07) is 65.1. The predicted molar refractivity (Wildman–Crippen MR) is 206 cm³/mol. The normalized spacial score (nSPS) is 11.7. The van der Waals surface area contributed by atoms with E-state index in [1.807, 2.05) is 12.1 Å². The van der Waals surface area contributed by atoms with Crippen LogP contribution in [0, 0.1) is 0 Å². The van der Waals surface area contributed by atoms with E-state index in [1.54, 1.807) is 0 Å². The molecule has 2 aromatic heterocycles. The van der Waals surface area contributed by atoms with Gasteiger partial charge in [-0.15, -0.1) is 0 Å². The van der Waals surface area contributed by atoms with E-state index in [9.17, 15) is 0 Å². The highest BCUT2D eigenvalue weighted by Gasteiger charge is 2.19. The van der Waals surface area contributed by atoms with Gasteiger partial charge < -0.3 is 13.9 Å². The zero-order valence-corrected chi connectivity index (χ0v) is 26.6.